The molecule has 1 N–H and O–H groups in total. The smallest absolute Gasteiger partial charge is 0.211 e. The normalized spacial score (nSPS) is 12.0. The van der Waals surface area contributed by atoms with Crippen LogP contribution in [-0.4, -0.2) is 63.6 Å². The van der Waals surface area contributed by atoms with Gasteiger partial charge in [-0.25, -0.2) is 12.7 Å². The van der Waals surface area contributed by atoms with Gasteiger partial charge < -0.3 is 10.2 Å². The fourth-order valence-corrected chi connectivity index (χ4v) is 3.26. The molecular weight excluding hydrogens is 439 g/mol. The zero-order valence-electron chi connectivity index (χ0n) is 14.9. The van der Waals surface area contributed by atoms with Crippen LogP contribution in [0.15, 0.2) is 35.3 Å². The monoisotopic (exact) mass is 468 g/mol. The van der Waals surface area contributed by atoms with Crippen molar-refractivity contribution in [3.05, 3.63) is 35.9 Å². The van der Waals surface area contributed by atoms with Gasteiger partial charge in [-0.2, -0.15) is 0 Å². The van der Waals surface area contributed by atoms with Gasteiger partial charge in [0, 0.05) is 40.3 Å². The summed E-state index contributed by atoms with van der Waals surface area (Å²) in [5.74, 6) is 0.802. The molecule has 0 heterocycles. The van der Waals surface area contributed by atoms with E-state index in [4.69, 9.17) is 0 Å². The lowest BCUT2D eigenvalue weighted by atomic mass is 10.2. The number of guanidine groups is 1. The molecule has 0 radical (unpaired) electrons. The van der Waals surface area contributed by atoms with E-state index in [1.54, 1.807) is 7.05 Å². The maximum absolute atomic E-state index is 11.5. The minimum Gasteiger partial charge on any atom is -0.356 e. The molecule has 0 atom stereocenters. The lowest BCUT2D eigenvalue weighted by Crippen LogP contribution is -2.40. The van der Waals surface area contributed by atoms with Gasteiger partial charge in [-0.1, -0.05) is 37.3 Å². The van der Waals surface area contributed by atoms with E-state index in [0.29, 0.717) is 19.6 Å². The largest absolute Gasteiger partial charge is 0.356 e. The number of nitrogens with zero attached hydrogens (tertiary/aromatic N) is 3. The highest BCUT2D eigenvalue weighted by atomic mass is 127. The van der Waals surface area contributed by atoms with Crippen LogP contribution in [0.3, 0.4) is 0 Å². The van der Waals surface area contributed by atoms with Crippen LogP contribution in [0, 0.1) is 0 Å². The van der Waals surface area contributed by atoms with Gasteiger partial charge in [0.2, 0.25) is 10.0 Å². The van der Waals surface area contributed by atoms with E-state index in [1.165, 1.54) is 16.1 Å². The minimum absolute atomic E-state index is 0. The van der Waals surface area contributed by atoms with Gasteiger partial charge >= 0.3 is 0 Å². The van der Waals surface area contributed by atoms with Crippen LogP contribution in [0.5, 0.6) is 0 Å². The maximum Gasteiger partial charge on any atom is 0.211 e. The van der Waals surface area contributed by atoms with Crippen LogP contribution < -0.4 is 5.32 Å². The van der Waals surface area contributed by atoms with Gasteiger partial charge in [0.05, 0.1) is 6.26 Å². The third kappa shape index (κ3) is 8.29. The third-order valence-electron chi connectivity index (χ3n) is 3.53. The first-order valence-electron chi connectivity index (χ1n) is 7.79. The summed E-state index contributed by atoms with van der Waals surface area (Å²) < 4.78 is 24.5. The molecule has 0 unspecified atom stereocenters. The number of hydrogen-bond donors (Lipinski definition) is 1. The summed E-state index contributed by atoms with van der Waals surface area (Å²) >= 11 is 0. The van der Waals surface area contributed by atoms with Crippen molar-refractivity contribution < 1.29 is 8.42 Å². The molecular formula is C16H29IN4O2S. The Morgan fingerprint density at radius 1 is 1.25 bits per heavy atom. The van der Waals surface area contributed by atoms with Gasteiger partial charge in [-0.05, 0) is 12.0 Å². The highest BCUT2D eigenvalue weighted by molar-refractivity contribution is 14.0. The van der Waals surface area contributed by atoms with Crippen molar-refractivity contribution in [1.82, 2.24) is 14.5 Å². The van der Waals surface area contributed by atoms with Crippen molar-refractivity contribution in [2.24, 2.45) is 4.99 Å². The highest BCUT2D eigenvalue weighted by Gasteiger charge is 2.13. The first kappa shape index (κ1) is 23.1. The number of benzene rings is 1. The minimum atomic E-state index is -3.11. The predicted octanol–water partition coefficient (Wildman–Crippen LogP) is 1.98. The first-order valence-corrected chi connectivity index (χ1v) is 9.64. The van der Waals surface area contributed by atoms with E-state index >= 15 is 0 Å². The molecule has 0 spiro atoms. The van der Waals surface area contributed by atoms with Crippen molar-refractivity contribution in [3.8, 4) is 0 Å². The lowest BCUT2D eigenvalue weighted by Gasteiger charge is -2.23. The molecule has 0 amide bonds. The molecule has 0 fully saturated rings. The molecule has 1 rings (SSSR count). The Kier molecular flexibility index (Phi) is 11.2. The number of aliphatic imine (C=N–C) groups is 1. The van der Waals surface area contributed by atoms with Crippen LogP contribution in [0.1, 0.15) is 18.9 Å². The van der Waals surface area contributed by atoms with Crippen molar-refractivity contribution in [1.29, 1.82) is 0 Å². The fraction of sp³-hybridized carbons (Fsp3) is 0.562. The lowest BCUT2D eigenvalue weighted by molar-refractivity contribution is 0.419. The number of sulfonamides is 1. The third-order valence-corrected chi connectivity index (χ3v) is 4.90. The average Bonchev–Trinajstić information content (AvgIpc) is 2.50. The Hall–Kier alpha value is -0.870. The van der Waals surface area contributed by atoms with E-state index < -0.39 is 10.0 Å². The second kappa shape index (κ2) is 11.6. The summed E-state index contributed by atoms with van der Waals surface area (Å²) in [6, 6.07) is 10.2. The second-order valence-corrected chi connectivity index (χ2v) is 7.41. The van der Waals surface area contributed by atoms with Crippen LogP contribution in [0.4, 0.5) is 0 Å². The summed E-state index contributed by atoms with van der Waals surface area (Å²) in [5.41, 5.74) is 1.21. The van der Waals surface area contributed by atoms with E-state index in [0.717, 1.165) is 18.9 Å². The molecule has 0 saturated heterocycles. The molecule has 0 aliphatic heterocycles. The van der Waals surface area contributed by atoms with Crippen molar-refractivity contribution in [2.45, 2.75) is 19.9 Å². The Morgan fingerprint density at radius 3 is 2.38 bits per heavy atom. The van der Waals surface area contributed by atoms with Crippen LogP contribution in [0.25, 0.3) is 0 Å². The molecule has 24 heavy (non-hydrogen) atoms. The number of rotatable bonds is 8. The van der Waals surface area contributed by atoms with Gasteiger partial charge in [0.1, 0.15) is 0 Å². The van der Waals surface area contributed by atoms with Crippen LogP contribution in [0.2, 0.25) is 0 Å². The quantitative estimate of drug-likeness (QED) is 0.274. The van der Waals surface area contributed by atoms with E-state index in [1.807, 2.05) is 37.1 Å². The maximum atomic E-state index is 11.5. The van der Waals surface area contributed by atoms with E-state index in [2.05, 4.69) is 22.4 Å². The summed E-state index contributed by atoms with van der Waals surface area (Å²) in [5, 5.41) is 3.27. The van der Waals surface area contributed by atoms with Crippen LogP contribution >= 0.6 is 24.0 Å². The zero-order valence-corrected chi connectivity index (χ0v) is 18.0. The van der Waals surface area contributed by atoms with Crippen molar-refractivity contribution >= 4 is 40.0 Å². The summed E-state index contributed by atoms with van der Waals surface area (Å²) in [7, 11) is 0.619. The Balaban J connectivity index is 0.00000529. The Labute approximate surface area is 163 Å². The number of hydrogen-bond acceptors (Lipinski definition) is 3. The SMILES string of the molecule is CCN(CCCNC(=NC)N(C)Cc1ccccc1)S(C)(=O)=O.I. The fourth-order valence-electron chi connectivity index (χ4n) is 2.33. The van der Waals surface area contributed by atoms with E-state index in [-0.39, 0.29) is 24.0 Å². The van der Waals surface area contributed by atoms with Gasteiger partial charge in [0.25, 0.3) is 0 Å². The molecule has 1 aromatic rings. The number of halogens is 1. The number of nitrogens with one attached hydrogen (secondary N) is 1. The molecule has 8 heteroatoms. The molecule has 6 nitrogen and oxygen atoms in total. The van der Waals surface area contributed by atoms with Crippen molar-refractivity contribution in [3.63, 3.8) is 0 Å². The first-order chi connectivity index (χ1) is 10.9. The summed E-state index contributed by atoms with van der Waals surface area (Å²) in [6.45, 7) is 4.31. The Morgan fingerprint density at radius 2 is 1.88 bits per heavy atom. The molecule has 0 bridgehead atoms. The summed E-state index contributed by atoms with van der Waals surface area (Å²) in [6.07, 6.45) is 1.98. The summed E-state index contributed by atoms with van der Waals surface area (Å²) in [4.78, 5) is 6.31. The predicted molar refractivity (Wildman–Crippen MR) is 111 cm³/mol. The molecule has 0 aromatic heterocycles. The van der Waals surface area contributed by atoms with Crippen molar-refractivity contribution in [2.75, 3.05) is 40.0 Å². The standard InChI is InChI=1S/C16H28N4O2S.HI/c1-5-20(23(4,21)22)13-9-12-18-16(17-2)19(3)14-15-10-7-6-8-11-15;/h6-8,10-11H,5,9,12-14H2,1-4H3,(H,17,18);1H. The average molecular weight is 468 g/mol. The van der Waals surface area contributed by atoms with Gasteiger partial charge in [0.15, 0.2) is 5.96 Å². The van der Waals surface area contributed by atoms with E-state index in [9.17, 15) is 8.42 Å². The second-order valence-electron chi connectivity index (χ2n) is 5.42. The van der Waals surface area contributed by atoms with Gasteiger partial charge in [-0.15, -0.1) is 24.0 Å². The zero-order chi connectivity index (χ0) is 17.3. The Bertz CT molecular complexity index is 593. The molecule has 0 aliphatic carbocycles. The van der Waals surface area contributed by atoms with Crippen LogP contribution in [-0.2, 0) is 16.6 Å². The molecule has 138 valence electrons. The molecule has 0 saturated carbocycles. The molecule has 0 aliphatic rings. The van der Waals surface area contributed by atoms with Gasteiger partial charge in [-0.3, -0.25) is 4.99 Å². The topological polar surface area (TPSA) is 65.0 Å². The highest BCUT2D eigenvalue weighted by Crippen LogP contribution is 2.03. The molecule has 1 aromatic carbocycles.